The van der Waals surface area contributed by atoms with E-state index in [0.717, 1.165) is 11.8 Å². The average molecular weight is 288 g/mol. The molecule has 0 N–H and O–H groups in total. The van der Waals surface area contributed by atoms with Crippen molar-refractivity contribution in [2.45, 2.75) is 36.9 Å². The Morgan fingerprint density at radius 1 is 0.682 bits per heavy atom. The van der Waals surface area contributed by atoms with E-state index in [-0.39, 0.29) is 10.8 Å². The van der Waals surface area contributed by atoms with Crippen molar-refractivity contribution in [1.82, 2.24) is 0 Å². The molecule has 2 aromatic carbocycles. The van der Waals surface area contributed by atoms with Gasteiger partial charge in [0.1, 0.15) is 0 Å². The predicted octanol–water partition coefficient (Wildman–Crippen LogP) is 3.93. The number of fused-ring (bicyclic) bond motifs is 7. The number of ether oxygens (including phenoxy) is 1. The minimum absolute atomic E-state index is 0.283. The number of rotatable bonds is 2. The van der Waals surface area contributed by atoms with Crippen molar-refractivity contribution in [3.63, 3.8) is 0 Å². The van der Waals surface area contributed by atoms with Gasteiger partial charge < -0.3 is 4.74 Å². The van der Waals surface area contributed by atoms with Crippen LogP contribution in [0.5, 0.6) is 0 Å². The molecule has 0 bridgehead atoms. The first-order valence-corrected chi connectivity index (χ1v) is 8.45. The lowest BCUT2D eigenvalue weighted by Gasteiger charge is -2.56. The Morgan fingerprint density at radius 3 is 1.50 bits per heavy atom. The average Bonchev–Trinajstić information content (AvgIpc) is 3.31. The van der Waals surface area contributed by atoms with E-state index in [1.165, 1.54) is 11.1 Å². The van der Waals surface area contributed by atoms with Gasteiger partial charge in [0.2, 0.25) is 0 Å². The van der Waals surface area contributed by atoms with Crippen molar-refractivity contribution >= 4 is 0 Å². The lowest BCUT2D eigenvalue weighted by atomic mass is 9.44. The highest BCUT2D eigenvalue weighted by atomic mass is 16.6. The molecule has 110 valence electrons. The van der Waals surface area contributed by atoms with Gasteiger partial charge in [0, 0.05) is 22.7 Å². The highest BCUT2D eigenvalue weighted by Crippen LogP contribution is 2.98. The van der Waals surface area contributed by atoms with E-state index in [1.54, 1.807) is 0 Å². The minimum Gasteiger partial charge on any atom is -0.369 e. The quantitative estimate of drug-likeness (QED) is 0.763. The molecule has 0 spiro atoms. The molecule has 6 rings (SSSR count). The summed E-state index contributed by atoms with van der Waals surface area (Å²) in [5.74, 6) is 1.46. The van der Waals surface area contributed by atoms with Gasteiger partial charge in [-0.05, 0) is 16.5 Å². The number of epoxide rings is 1. The molecule has 0 unspecified atom stereocenters. The van der Waals surface area contributed by atoms with Crippen LogP contribution in [0, 0.1) is 17.3 Å². The highest BCUT2D eigenvalue weighted by molar-refractivity contribution is 5.68. The van der Waals surface area contributed by atoms with Gasteiger partial charge in [-0.1, -0.05) is 74.5 Å². The third-order valence-electron chi connectivity index (χ3n) is 7.65. The molecule has 1 saturated heterocycles. The SMILES string of the molecule is CC1(C)[C@]2(c3ccccc3)[C@@H]3[C@@H]4O[C@@H]4[C@@H]3[C@]12c1ccccc1. The Kier molecular flexibility index (Phi) is 1.72. The molecule has 1 heteroatoms. The van der Waals surface area contributed by atoms with Crippen LogP contribution in [0.1, 0.15) is 25.0 Å². The van der Waals surface area contributed by atoms with E-state index in [0.29, 0.717) is 17.6 Å². The standard InChI is InChI=1S/C21H20O/c1-19(2)20(13-9-5-3-6-10-13)15-16(18-17(15)22-18)21(19,20)14-11-7-4-8-12-14/h3-12,15-18H,1-2H3/t15-,16+,17-,18+,20-,21+. The number of hydrogen-bond donors (Lipinski definition) is 0. The Bertz CT molecular complexity index is 715. The lowest BCUT2D eigenvalue weighted by molar-refractivity contribution is 0.0287. The van der Waals surface area contributed by atoms with E-state index in [4.69, 9.17) is 4.74 Å². The number of hydrogen-bond acceptors (Lipinski definition) is 1. The summed E-state index contributed by atoms with van der Waals surface area (Å²) in [7, 11) is 0. The Morgan fingerprint density at radius 2 is 1.09 bits per heavy atom. The van der Waals surface area contributed by atoms with Crippen molar-refractivity contribution in [2.24, 2.45) is 17.3 Å². The van der Waals surface area contributed by atoms with E-state index in [9.17, 15) is 0 Å². The van der Waals surface area contributed by atoms with E-state index >= 15 is 0 Å². The molecule has 1 aliphatic heterocycles. The molecule has 0 radical (unpaired) electrons. The molecule has 0 amide bonds. The molecule has 22 heavy (non-hydrogen) atoms. The molecule has 3 aliphatic carbocycles. The van der Waals surface area contributed by atoms with Gasteiger partial charge in [-0.2, -0.15) is 0 Å². The Hall–Kier alpha value is -1.60. The zero-order chi connectivity index (χ0) is 14.7. The van der Waals surface area contributed by atoms with Crippen molar-refractivity contribution in [3.8, 4) is 0 Å². The first kappa shape index (κ1) is 11.9. The zero-order valence-electron chi connectivity index (χ0n) is 13.0. The normalized spacial score (nSPS) is 48.1. The first-order chi connectivity index (χ1) is 10.7. The van der Waals surface area contributed by atoms with Crippen molar-refractivity contribution in [1.29, 1.82) is 0 Å². The molecule has 3 saturated carbocycles. The second-order valence-corrected chi connectivity index (χ2v) is 8.09. The molecule has 0 aromatic heterocycles. The molecular weight excluding hydrogens is 268 g/mol. The highest BCUT2D eigenvalue weighted by Gasteiger charge is 3.03. The van der Waals surface area contributed by atoms with Gasteiger partial charge in [0.25, 0.3) is 0 Å². The van der Waals surface area contributed by atoms with Gasteiger partial charge in [-0.25, -0.2) is 0 Å². The second kappa shape index (κ2) is 3.19. The summed E-state index contributed by atoms with van der Waals surface area (Å²) in [5, 5.41) is 0. The van der Waals surface area contributed by atoms with E-state index in [1.807, 2.05) is 0 Å². The molecule has 1 nitrogen and oxygen atoms in total. The van der Waals surface area contributed by atoms with Gasteiger partial charge in [0.05, 0.1) is 12.2 Å². The zero-order valence-corrected chi connectivity index (χ0v) is 13.0. The van der Waals surface area contributed by atoms with Crippen LogP contribution in [0.4, 0.5) is 0 Å². The van der Waals surface area contributed by atoms with Crippen LogP contribution < -0.4 is 0 Å². The third kappa shape index (κ3) is 0.841. The maximum atomic E-state index is 6.00. The van der Waals surface area contributed by atoms with Crippen LogP contribution in [-0.4, -0.2) is 12.2 Å². The summed E-state index contributed by atoms with van der Waals surface area (Å²) in [6.07, 6.45) is 1.09. The molecule has 6 atom stereocenters. The molecular formula is C21H20O. The summed E-state index contributed by atoms with van der Waals surface area (Å²) < 4.78 is 6.00. The van der Waals surface area contributed by atoms with E-state index < -0.39 is 0 Å². The molecule has 1 heterocycles. The monoisotopic (exact) mass is 288 g/mol. The predicted molar refractivity (Wildman–Crippen MR) is 85.7 cm³/mol. The summed E-state index contributed by atoms with van der Waals surface area (Å²) in [5.41, 5.74) is 3.93. The molecule has 4 aliphatic rings. The van der Waals surface area contributed by atoms with Gasteiger partial charge >= 0.3 is 0 Å². The largest absolute Gasteiger partial charge is 0.369 e. The van der Waals surface area contributed by atoms with Crippen LogP contribution in [0.3, 0.4) is 0 Å². The second-order valence-electron chi connectivity index (χ2n) is 8.09. The summed E-state index contributed by atoms with van der Waals surface area (Å²) in [6, 6.07) is 22.4. The van der Waals surface area contributed by atoms with E-state index in [2.05, 4.69) is 74.5 Å². The van der Waals surface area contributed by atoms with Crippen LogP contribution in [-0.2, 0) is 15.6 Å². The Labute approximate surface area is 131 Å². The molecule has 4 fully saturated rings. The topological polar surface area (TPSA) is 12.5 Å². The number of benzene rings is 2. The maximum absolute atomic E-state index is 6.00. The fourth-order valence-corrected chi connectivity index (χ4v) is 7.18. The molecule has 2 aromatic rings. The fraction of sp³-hybridized carbons (Fsp3) is 0.429. The van der Waals surface area contributed by atoms with Crippen LogP contribution in [0.2, 0.25) is 0 Å². The first-order valence-electron chi connectivity index (χ1n) is 8.45. The third-order valence-corrected chi connectivity index (χ3v) is 7.65. The van der Waals surface area contributed by atoms with Crippen molar-refractivity contribution in [3.05, 3.63) is 71.8 Å². The maximum Gasteiger partial charge on any atom is 0.0886 e. The lowest BCUT2D eigenvalue weighted by Crippen LogP contribution is -2.63. The fourth-order valence-electron chi connectivity index (χ4n) is 7.18. The summed E-state index contributed by atoms with van der Waals surface area (Å²) in [6.45, 7) is 4.98. The van der Waals surface area contributed by atoms with Crippen LogP contribution in [0.25, 0.3) is 0 Å². The smallest absolute Gasteiger partial charge is 0.0886 e. The van der Waals surface area contributed by atoms with Gasteiger partial charge in [-0.15, -0.1) is 0 Å². The Balaban J connectivity index is 1.63. The summed E-state index contributed by atoms with van der Waals surface area (Å²) in [4.78, 5) is 0. The minimum atomic E-state index is 0.283. The van der Waals surface area contributed by atoms with Crippen molar-refractivity contribution < 1.29 is 4.74 Å². The van der Waals surface area contributed by atoms with Crippen LogP contribution >= 0.6 is 0 Å². The van der Waals surface area contributed by atoms with Gasteiger partial charge in [0.15, 0.2) is 0 Å². The summed E-state index contributed by atoms with van der Waals surface area (Å²) >= 11 is 0. The van der Waals surface area contributed by atoms with Gasteiger partial charge in [-0.3, -0.25) is 0 Å². The van der Waals surface area contributed by atoms with Crippen molar-refractivity contribution in [2.75, 3.05) is 0 Å². The van der Waals surface area contributed by atoms with Crippen LogP contribution in [0.15, 0.2) is 60.7 Å².